The van der Waals surface area contributed by atoms with Gasteiger partial charge < -0.3 is 40.6 Å². The summed E-state index contributed by atoms with van der Waals surface area (Å²) in [7, 11) is 0. The first-order chi connectivity index (χ1) is 5.91. The third kappa shape index (κ3) is 6.17. The number of aldehydes is 1. The van der Waals surface area contributed by atoms with Crippen LogP contribution in [0.4, 0.5) is 0 Å². The third-order valence-electron chi connectivity index (χ3n) is 1.40. The smallest absolute Gasteiger partial charge is 0.547 e. The van der Waals surface area contributed by atoms with Gasteiger partial charge in [-0.25, -0.2) is 0 Å². The van der Waals surface area contributed by atoms with E-state index in [-0.39, 0.29) is 41.3 Å². The molecule has 0 bridgehead atoms. The van der Waals surface area contributed by atoms with E-state index < -0.39 is 30.4 Å². The fraction of sp³-hybridized carbons (Fsp3) is 0.667. The van der Waals surface area contributed by atoms with E-state index in [2.05, 4.69) is 0 Å². The molecule has 15 heavy (non-hydrogen) atoms. The van der Waals surface area contributed by atoms with Crippen LogP contribution in [-0.2, 0) is 9.59 Å². The molecule has 0 spiro atoms. The second-order valence-corrected chi connectivity index (χ2v) is 2.37. The molecule has 0 aliphatic rings. The molecule has 0 aliphatic heterocycles. The normalized spacial score (nSPS) is 17.3. The molecular formula is C6H11NaO8. The van der Waals surface area contributed by atoms with Crippen LogP contribution in [0.15, 0.2) is 0 Å². The van der Waals surface area contributed by atoms with E-state index >= 15 is 0 Å². The molecule has 0 unspecified atom stereocenters. The topological polar surface area (TPSA) is 170 Å². The molecule has 0 radical (unpaired) electrons. The summed E-state index contributed by atoms with van der Waals surface area (Å²) in [6, 6.07) is 0. The predicted molar refractivity (Wildman–Crippen MR) is 38.7 cm³/mol. The van der Waals surface area contributed by atoms with Gasteiger partial charge in [0.15, 0.2) is 6.29 Å². The molecule has 9 heteroatoms. The van der Waals surface area contributed by atoms with Gasteiger partial charge in [-0.2, -0.15) is 0 Å². The van der Waals surface area contributed by atoms with E-state index in [0.717, 1.165) is 0 Å². The Bertz CT molecular complexity index is 198. The van der Waals surface area contributed by atoms with Crippen molar-refractivity contribution < 1.29 is 70.2 Å². The van der Waals surface area contributed by atoms with Crippen LogP contribution in [0.3, 0.4) is 0 Å². The van der Waals surface area contributed by atoms with Crippen molar-refractivity contribution in [3.63, 3.8) is 0 Å². The standard InChI is InChI=1S/C6H10O7.Na.H2O/c7-1-2(8)3(9)4(10)5(11)6(12)13;;/h1-5,8-11H,(H,12,13);;1H2/q;+1;/p-1/t2-,3+,4-,5-;;/m0../s1. The number of hydrogen-bond donors (Lipinski definition) is 4. The average Bonchev–Trinajstić information content (AvgIpc) is 2.12. The van der Waals surface area contributed by atoms with Gasteiger partial charge in [0.25, 0.3) is 0 Å². The fourth-order valence-corrected chi connectivity index (χ4v) is 0.609. The SMILES string of the molecule is O.O=C[C@H](O)[C@@H](O)[C@H](O)[C@H](O)C(=O)[O-].[Na+]. The summed E-state index contributed by atoms with van der Waals surface area (Å²) in [5, 5.41) is 44.8. The van der Waals surface area contributed by atoms with Gasteiger partial charge in [0, 0.05) is 0 Å². The zero-order valence-electron chi connectivity index (χ0n) is 7.90. The molecule has 0 aromatic carbocycles. The Morgan fingerprint density at radius 3 is 1.80 bits per heavy atom. The van der Waals surface area contributed by atoms with Crippen LogP contribution in [0.1, 0.15) is 0 Å². The number of carbonyl (C=O) groups excluding carboxylic acids is 2. The van der Waals surface area contributed by atoms with Crippen molar-refractivity contribution in [1.82, 2.24) is 0 Å². The largest absolute Gasteiger partial charge is 1.00 e. The number of carboxylic acids is 1. The van der Waals surface area contributed by atoms with Crippen LogP contribution in [0.25, 0.3) is 0 Å². The molecule has 4 atom stereocenters. The van der Waals surface area contributed by atoms with Crippen molar-refractivity contribution in [2.75, 3.05) is 0 Å². The molecule has 0 fully saturated rings. The first-order valence-electron chi connectivity index (χ1n) is 3.30. The number of aliphatic hydroxyl groups excluding tert-OH is 4. The first-order valence-corrected chi connectivity index (χ1v) is 3.30. The Balaban J connectivity index is -0.000000720. The van der Waals surface area contributed by atoms with Crippen molar-refractivity contribution in [1.29, 1.82) is 0 Å². The summed E-state index contributed by atoms with van der Waals surface area (Å²) in [4.78, 5) is 19.8. The van der Waals surface area contributed by atoms with Gasteiger partial charge >= 0.3 is 29.6 Å². The zero-order chi connectivity index (χ0) is 10.6. The second kappa shape index (κ2) is 9.19. The quantitative estimate of drug-likeness (QED) is 0.270. The van der Waals surface area contributed by atoms with Gasteiger partial charge in [0.1, 0.15) is 24.4 Å². The van der Waals surface area contributed by atoms with E-state index in [9.17, 15) is 14.7 Å². The Morgan fingerprint density at radius 1 is 1.13 bits per heavy atom. The van der Waals surface area contributed by atoms with Crippen LogP contribution in [0.2, 0.25) is 0 Å². The minimum absolute atomic E-state index is 0. The van der Waals surface area contributed by atoms with Crippen molar-refractivity contribution >= 4 is 12.3 Å². The molecule has 0 rings (SSSR count). The van der Waals surface area contributed by atoms with E-state index in [1.54, 1.807) is 0 Å². The summed E-state index contributed by atoms with van der Waals surface area (Å²) in [6.45, 7) is 0. The van der Waals surface area contributed by atoms with Crippen LogP contribution < -0.4 is 34.7 Å². The van der Waals surface area contributed by atoms with Crippen LogP contribution in [0.5, 0.6) is 0 Å². The summed E-state index contributed by atoms with van der Waals surface area (Å²) < 4.78 is 0. The molecule has 84 valence electrons. The summed E-state index contributed by atoms with van der Waals surface area (Å²) in [5.41, 5.74) is 0. The molecule has 0 aromatic heterocycles. The minimum atomic E-state index is -2.36. The molecule has 0 amide bonds. The first kappa shape index (κ1) is 20.4. The maximum absolute atomic E-state index is 9.95. The van der Waals surface area contributed by atoms with Gasteiger partial charge in [-0.3, -0.25) is 0 Å². The van der Waals surface area contributed by atoms with Crippen molar-refractivity contribution in [3.05, 3.63) is 0 Å². The van der Waals surface area contributed by atoms with Gasteiger partial charge in [-0.15, -0.1) is 0 Å². The van der Waals surface area contributed by atoms with Crippen LogP contribution in [0, 0.1) is 0 Å². The number of carboxylic acid groups (broad SMARTS) is 1. The van der Waals surface area contributed by atoms with Gasteiger partial charge in [-0.1, -0.05) is 0 Å². The van der Waals surface area contributed by atoms with Gasteiger partial charge in [-0.05, 0) is 0 Å². The summed E-state index contributed by atoms with van der Waals surface area (Å²) >= 11 is 0. The monoisotopic (exact) mass is 234 g/mol. The Hall–Kier alpha value is -0.0600. The minimum Gasteiger partial charge on any atom is -0.547 e. The van der Waals surface area contributed by atoms with Crippen molar-refractivity contribution in [3.8, 4) is 0 Å². The molecule has 0 heterocycles. The number of carbonyl (C=O) groups is 2. The Labute approximate surface area is 107 Å². The predicted octanol–water partition coefficient (Wildman–Crippen LogP) is -8.44. The molecular weight excluding hydrogens is 223 g/mol. The number of hydrogen-bond acceptors (Lipinski definition) is 7. The maximum Gasteiger partial charge on any atom is 1.00 e. The van der Waals surface area contributed by atoms with Gasteiger partial charge in [0.05, 0.1) is 5.97 Å². The average molecular weight is 234 g/mol. The Morgan fingerprint density at radius 2 is 1.53 bits per heavy atom. The maximum atomic E-state index is 9.95. The second-order valence-electron chi connectivity index (χ2n) is 2.37. The fourth-order valence-electron chi connectivity index (χ4n) is 0.609. The Kier molecular flexibility index (Phi) is 12.5. The molecule has 6 N–H and O–H groups in total. The number of aliphatic hydroxyl groups is 4. The molecule has 8 nitrogen and oxygen atoms in total. The van der Waals surface area contributed by atoms with Crippen LogP contribution >= 0.6 is 0 Å². The van der Waals surface area contributed by atoms with Gasteiger partial charge in [0.2, 0.25) is 0 Å². The summed E-state index contributed by atoms with van der Waals surface area (Å²) in [6.07, 6.45) is -8.65. The molecule has 0 saturated heterocycles. The van der Waals surface area contributed by atoms with E-state index in [1.807, 2.05) is 0 Å². The zero-order valence-corrected chi connectivity index (χ0v) is 9.90. The van der Waals surface area contributed by atoms with Crippen LogP contribution in [-0.4, -0.2) is 62.6 Å². The van der Waals surface area contributed by atoms with E-state index in [4.69, 9.17) is 20.4 Å². The van der Waals surface area contributed by atoms with Crippen molar-refractivity contribution in [2.24, 2.45) is 0 Å². The number of aliphatic carboxylic acids is 1. The molecule has 0 aromatic rings. The van der Waals surface area contributed by atoms with E-state index in [0.29, 0.717) is 0 Å². The van der Waals surface area contributed by atoms with E-state index in [1.165, 1.54) is 0 Å². The third-order valence-corrected chi connectivity index (χ3v) is 1.40. The number of rotatable bonds is 5. The van der Waals surface area contributed by atoms with Crippen molar-refractivity contribution in [2.45, 2.75) is 24.4 Å². The summed E-state index contributed by atoms with van der Waals surface area (Å²) in [5.74, 6) is -2.01. The molecule has 0 aliphatic carbocycles. The molecule has 0 saturated carbocycles.